The molecule has 0 amide bonds. The summed E-state index contributed by atoms with van der Waals surface area (Å²) in [5.74, 6) is 5.51. The largest absolute Gasteiger partial charge is 0.508 e. The molecule has 0 spiro atoms. The van der Waals surface area contributed by atoms with Gasteiger partial charge >= 0.3 is 0 Å². The van der Waals surface area contributed by atoms with Crippen molar-refractivity contribution in [2.24, 2.45) is 52.3 Å². The monoisotopic (exact) mass is 444 g/mol. The van der Waals surface area contributed by atoms with Gasteiger partial charge in [0.15, 0.2) is 0 Å². The molecule has 0 aromatic rings. The highest BCUT2D eigenvalue weighted by atomic mass is 17.1. The Balaban J connectivity index is 1.51. The molecule has 0 aromatic heterocycles. The van der Waals surface area contributed by atoms with E-state index in [1.54, 1.807) is 6.08 Å². The fourth-order valence-electron chi connectivity index (χ4n) is 9.27. The first-order valence-electron chi connectivity index (χ1n) is 13.6. The quantitative estimate of drug-likeness (QED) is 0.307. The number of aliphatic hydroxyl groups is 1. The molecule has 0 bridgehead atoms. The van der Waals surface area contributed by atoms with Gasteiger partial charge in [-0.1, -0.05) is 60.5 Å². The summed E-state index contributed by atoms with van der Waals surface area (Å²) in [6.45, 7) is 14.6. The van der Waals surface area contributed by atoms with Crippen molar-refractivity contribution < 1.29 is 15.3 Å². The molecule has 1 unspecified atom stereocenters. The maximum atomic E-state index is 10.2. The summed E-state index contributed by atoms with van der Waals surface area (Å²) < 4.78 is 0. The van der Waals surface area contributed by atoms with Crippen LogP contribution in [0.2, 0.25) is 0 Å². The number of fused-ring (bicyclic) bond motifs is 5. The number of hydrogen-bond acceptors (Lipinski definition) is 3. The Morgan fingerprint density at radius 2 is 1.78 bits per heavy atom. The van der Waals surface area contributed by atoms with Crippen LogP contribution in [0.5, 0.6) is 0 Å². The first-order chi connectivity index (χ1) is 15.1. The summed E-state index contributed by atoms with van der Waals surface area (Å²) in [5.41, 5.74) is -0.585. The van der Waals surface area contributed by atoms with Gasteiger partial charge in [0.25, 0.3) is 0 Å². The molecule has 0 aromatic carbocycles. The zero-order valence-corrected chi connectivity index (χ0v) is 21.4. The van der Waals surface area contributed by atoms with Crippen molar-refractivity contribution in [1.82, 2.24) is 0 Å². The predicted molar refractivity (Wildman–Crippen MR) is 131 cm³/mol. The van der Waals surface area contributed by atoms with E-state index >= 15 is 0 Å². The van der Waals surface area contributed by atoms with E-state index in [4.69, 9.17) is 4.89 Å². The molecule has 0 aliphatic heterocycles. The van der Waals surface area contributed by atoms with Crippen LogP contribution in [0.15, 0.2) is 24.0 Å². The second kappa shape index (κ2) is 8.77. The Labute approximate surface area is 196 Å². The first kappa shape index (κ1) is 24.3. The Kier molecular flexibility index (Phi) is 6.66. The molecule has 0 saturated heterocycles. The minimum atomic E-state index is -0.780. The molecule has 3 nitrogen and oxygen atoms in total. The van der Waals surface area contributed by atoms with Gasteiger partial charge < -0.3 is 5.11 Å². The maximum Gasteiger partial charge on any atom is 0.134 e. The third-order valence-electron chi connectivity index (χ3n) is 11.3. The average molecular weight is 445 g/mol. The Morgan fingerprint density at radius 3 is 2.44 bits per heavy atom. The van der Waals surface area contributed by atoms with Crippen molar-refractivity contribution in [1.29, 1.82) is 0 Å². The first-order valence-corrected chi connectivity index (χ1v) is 13.6. The van der Waals surface area contributed by atoms with E-state index in [0.717, 1.165) is 42.4 Å². The summed E-state index contributed by atoms with van der Waals surface area (Å²) in [5, 5.41) is 20.1. The second-order valence-electron chi connectivity index (χ2n) is 12.8. The van der Waals surface area contributed by atoms with Crippen LogP contribution < -0.4 is 0 Å². The van der Waals surface area contributed by atoms with E-state index in [0.29, 0.717) is 17.3 Å². The minimum Gasteiger partial charge on any atom is -0.508 e. The van der Waals surface area contributed by atoms with Crippen LogP contribution in [0.25, 0.3) is 0 Å². The topological polar surface area (TPSA) is 49.7 Å². The third-order valence-corrected chi connectivity index (χ3v) is 11.3. The molecular weight excluding hydrogens is 396 g/mol. The van der Waals surface area contributed by atoms with Crippen molar-refractivity contribution in [2.75, 3.05) is 0 Å². The van der Waals surface area contributed by atoms with Gasteiger partial charge in [0, 0.05) is 5.41 Å². The lowest BCUT2D eigenvalue weighted by atomic mass is 9.45. The minimum absolute atomic E-state index is 0.220. The summed E-state index contributed by atoms with van der Waals surface area (Å²) in [4.78, 5) is 5.20. The van der Waals surface area contributed by atoms with Crippen LogP contribution in [-0.2, 0) is 4.89 Å². The van der Waals surface area contributed by atoms with Crippen molar-refractivity contribution in [3.05, 3.63) is 24.0 Å². The van der Waals surface area contributed by atoms with Crippen LogP contribution in [0.1, 0.15) is 99.3 Å². The number of aliphatic hydroxyl groups excluding tert-OH is 1. The Morgan fingerprint density at radius 1 is 1.03 bits per heavy atom. The molecule has 2 N–H and O–H groups in total. The molecule has 4 aliphatic carbocycles. The number of allylic oxidation sites excluding steroid dienone is 1. The lowest BCUT2D eigenvalue weighted by Gasteiger charge is -2.61. The molecule has 9 atom stereocenters. The van der Waals surface area contributed by atoms with Gasteiger partial charge in [0.05, 0.1) is 0 Å². The average Bonchev–Trinajstić information content (AvgIpc) is 3.11. The van der Waals surface area contributed by atoms with Gasteiger partial charge in [-0.25, -0.2) is 4.89 Å². The van der Waals surface area contributed by atoms with Gasteiger partial charge in [-0.3, -0.25) is 5.26 Å². The molecule has 3 heteroatoms. The van der Waals surface area contributed by atoms with Gasteiger partial charge in [0.1, 0.15) is 11.4 Å². The molecule has 4 aliphatic rings. The zero-order chi connectivity index (χ0) is 23.3. The molecule has 3 saturated carbocycles. The van der Waals surface area contributed by atoms with Crippen LogP contribution in [0, 0.1) is 52.3 Å². The fraction of sp³-hybridized carbons (Fsp3) is 0.862. The maximum absolute atomic E-state index is 10.2. The molecule has 32 heavy (non-hydrogen) atoms. The zero-order valence-electron chi connectivity index (χ0n) is 21.4. The number of hydrogen-bond donors (Lipinski definition) is 2. The van der Waals surface area contributed by atoms with E-state index < -0.39 is 5.60 Å². The highest BCUT2D eigenvalue weighted by Crippen LogP contribution is 2.68. The molecule has 4 rings (SSSR count). The third kappa shape index (κ3) is 3.61. The number of rotatable bonds is 7. The molecule has 0 radical (unpaired) electrons. The van der Waals surface area contributed by atoms with Gasteiger partial charge in [-0.05, 0) is 104 Å². The van der Waals surface area contributed by atoms with Crippen LogP contribution >= 0.6 is 0 Å². The fourth-order valence-corrected chi connectivity index (χ4v) is 9.27. The summed E-state index contributed by atoms with van der Waals surface area (Å²) in [6, 6.07) is 0. The van der Waals surface area contributed by atoms with E-state index in [1.165, 1.54) is 44.9 Å². The Hall–Kier alpha value is -0.800. The lowest BCUT2D eigenvalue weighted by molar-refractivity contribution is -0.350. The summed E-state index contributed by atoms with van der Waals surface area (Å²) >= 11 is 0. The smallest absolute Gasteiger partial charge is 0.134 e. The van der Waals surface area contributed by atoms with E-state index in [9.17, 15) is 10.4 Å². The molecule has 0 heterocycles. The highest BCUT2D eigenvalue weighted by molar-refractivity contribution is 5.33. The van der Waals surface area contributed by atoms with Gasteiger partial charge in [-0.15, -0.1) is 0 Å². The van der Waals surface area contributed by atoms with Crippen molar-refractivity contribution in [3.63, 3.8) is 0 Å². The van der Waals surface area contributed by atoms with E-state index in [2.05, 4.69) is 47.6 Å². The van der Waals surface area contributed by atoms with Crippen molar-refractivity contribution >= 4 is 0 Å². The van der Waals surface area contributed by atoms with Crippen LogP contribution in [0.3, 0.4) is 0 Å². The highest BCUT2D eigenvalue weighted by Gasteiger charge is 2.64. The predicted octanol–water partition coefficient (Wildman–Crippen LogP) is 8.18. The normalized spacial score (nSPS) is 45.1. The molecular formula is C29H48O3. The standard InChI is InChI=1S/C29H48O3/c1-7-21(19(2)3)9-8-20(4)24-10-11-25-23-13-17-29(32-31)18-22(30)12-16-28(29,6)26(23)14-15-27(24,25)5/h12,16,18-21,23-26,30-31H,7-11,13-15,17H2,1-6H3/t20-,21?,23+,24-,25+,26+,27-,28-,29-/m1/s1. The van der Waals surface area contributed by atoms with Crippen molar-refractivity contribution in [3.8, 4) is 0 Å². The van der Waals surface area contributed by atoms with Crippen LogP contribution in [-0.4, -0.2) is 16.0 Å². The van der Waals surface area contributed by atoms with Crippen LogP contribution in [0.4, 0.5) is 0 Å². The summed E-state index contributed by atoms with van der Waals surface area (Å²) in [6.07, 6.45) is 16.9. The molecule has 3 fully saturated rings. The van der Waals surface area contributed by atoms with Gasteiger partial charge in [-0.2, -0.15) is 0 Å². The van der Waals surface area contributed by atoms with E-state index in [1.807, 2.05) is 6.08 Å². The van der Waals surface area contributed by atoms with Gasteiger partial charge in [0.2, 0.25) is 0 Å². The van der Waals surface area contributed by atoms with Crippen molar-refractivity contribution in [2.45, 2.75) is 105 Å². The Bertz CT molecular complexity index is 741. The SMILES string of the molecule is CCC(CC[C@@H](C)[C@H]1CC[C@H]2[C@@H]3CC[C@@]4(OO)C=C(O)C=C[C@]4(C)[C@H]3CC[C@]12C)C(C)C. The lowest BCUT2D eigenvalue weighted by Crippen LogP contribution is -2.60. The molecule has 182 valence electrons. The second-order valence-corrected chi connectivity index (χ2v) is 12.8. The summed E-state index contributed by atoms with van der Waals surface area (Å²) in [7, 11) is 0. The van der Waals surface area contributed by atoms with E-state index in [-0.39, 0.29) is 11.2 Å².